The van der Waals surface area contributed by atoms with E-state index in [1.807, 2.05) is 0 Å². The summed E-state index contributed by atoms with van der Waals surface area (Å²) in [5.74, 6) is -1.09. The first-order valence-electron chi connectivity index (χ1n) is 5.69. The molecule has 108 valence electrons. The molecule has 21 heavy (non-hydrogen) atoms. The molecule has 3 nitrogen and oxygen atoms in total. The third kappa shape index (κ3) is 3.73. The van der Waals surface area contributed by atoms with Crippen molar-refractivity contribution in [1.82, 2.24) is 0 Å². The number of rotatable bonds is 3. The average molecular weight is 344 g/mol. The zero-order valence-corrected chi connectivity index (χ0v) is 12.8. The van der Waals surface area contributed by atoms with E-state index >= 15 is 0 Å². The lowest BCUT2D eigenvalue weighted by molar-refractivity contribution is 0.594. The van der Waals surface area contributed by atoms with Crippen molar-refractivity contribution in [2.75, 3.05) is 0 Å². The molecule has 0 aliphatic carbocycles. The van der Waals surface area contributed by atoms with Crippen LogP contribution in [-0.2, 0) is 15.6 Å². The SMILES string of the molecule is N#Cc1cc(F)cc(CS(=O)(=O)c2ccc(Cl)c(Cl)c2)c1. The first-order valence-corrected chi connectivity index (χ1v) is 8.10. The minimum absolute atomic E-state index is 0.0142. The zero-order valence-electron chi connectivity index (χ0n) is 10.5. The highest BCUT2D eigenvalue weighted by Crippen LogP contribution is 2.26. The monoisotopic (exact) mass is 343 g/mol. The Bertz CT molecular complexity index is 845. The predicted molar refractivity (Wildman–Crippen MR) is 78.5 cm³/mol. The Balaban J connectivity index is 2.40. The Hall–Kier alpha value is -1.61. The van der Waals surface area contributed by atoms with Crippen molar-refractivity contribution < 1.29 is 12.8 Å². The minimum atomic E-state index is -3.71. The Morgan fingerprint density at radius 1 is 1.10 bits per heavy atom. The number of sulfone groups is 1. The third-order valence-electron chi connectivity index (χ3n) is 2.69. The van der Waals surface area contributed by atoms with Gasteiger partial charge < -0.3 is 0 Å². The minimum Gasteiger partial charge on any atom is -0.223 e. The highest BCUT2D eigenvalue weighted by Gasteiger charge is 2.17. The zero-order chi connectivity index (χ0) is 15.6. The van der Waals surface area contributed by atoms with Gasteiger partial charge in [0.2, 0.25) is 0 Å². The van der Waals surface area contributed by atoms with E-state index in [1.165, 1.54) is 24.3 Å². The van der Waals surface area contributed by atoms with E-state index in [0.29, 0.717) is 0 Å². The van der Waals surface area contributed by atoms with Crippen LogP contribution in [-0.4, -0.2) is 8.42 Å². The first-order chi connectivity index (χ1) is 9.81. The normalized spacial score (nSPS) is 11.1. The number of hydrogen-bond donors (Lipinski definition) is 0. The maximum absolute atomic E-state index is 13.3. The second kappa shape index (κ2) is 6.02. The Morgan fingerprint density at radius 3 is 2.43 bits per heavy atom. The lowest BCUT2D eigenvalue weighted by Gasteiger charge is -2.06. The molecule has 0 saturated carbocycles. The molecule has 2 aromatic rings. The quantitative estimate of drug-likeness (QED) is 0.846. The molecule has 0 heterocycles. The maximum atomic E-state index is 13.3. The first kappa shape index (κ1) is 15.8. The van der Waals surface area contributed by atoms with Crippen LogP contribution in [0, 0.1) is 17.1 Å². The van der Waals surface area contributed by atoms with E-state index in [-0.39, 0.29) is 26.1 Å². The predicted octanol–water partition coefficient (Wildman–Crippen LogP) is 3.98. The Morgan fingerprint density at radius 2 is 1.81 bits per heavy atom. The van der Waals surface area contributed by atoms with Crippen LogP contribution in [0.4, 0.5) is 4.39 Å². The van der Waals surface area contributed by atoms with Crippen LogP contribution in [0.15, 0.2) is 41.3 Å². The standard InChI is InChI=1S/C14H8Cl2FNO2S/c15-13-2-1-12(6-14(13)16)21(19,20)8-10-3-9(7-18)4-11(17)5-10/h1-6H,8H2. The summed E-state index contributed by atoms with van der Waals surface area (Å²) in [4.78, 5) is -0.0142. The molecule has 0 unspecified atom stereocenters. The smallest absolute Gasteiger partial charge is 0.182 e. The van der Waals surface area contributed by atoms with Gasteiger partial charge in [0.15, 0.2) is 9.84 Å². The van der Waals surface area contributed by atoms with E-state index < -0.39 is 21.4 Å². The second-order valence-corrected chi connectivity index (χ2v) is 7.10. The lowest BCUT2D eigenvalue weighted by Crippen LogP contribution is -2.05. The molecule has 0 aliphatic rings. The summed E-state index contributed by atoms with van der Waals surface area (Å²) in [6.45, 7) is 0. The van der Waals surface area contributed by atoms with Gasteiger partial charge in [-0.1, -0.05) is 23.2 Å². The average Bonchev–Trinajstić information content (AvgIpc) is 2.40. The second-order valence-electron chi connectivity index (χ2n) is 4.29. The van der Waals surface area contributed by atoms with E-state index in [4.69, 9.17) is 28.5 Å². The van der Waals surface area contributed by atoms with Gasteiger partial charge in [-0.2, -0.15) is 5.26 Å². The molecule has 7 heteroatoms. The molecule has 0 atom stereocenters. The summed E-state index contributed by atoms with van der Waals surface area (Å²) in [6, 6.07) is 9.17. The molecular weight excluding hydrogens is 336 g/mol. The summed E-state index contributed by atoms with van der Waals surface area (Å²) in [7, 11) is -3.71. The van der Waals surface area contributed by atoms with Gasteiger partial charge in [0.05, 0.1) is 32.3 Å². The third-order valence-corrected chi connectivity index (χ3v) is 5.12. The van der Waals surface area contributed by atoms with Gasteiger partial charge in [-0.25, -0.2) is 12.8 Å². The molecule has 0 amide bonds. The van der Waals surface area contributed by atoms with E-state index in [0.717, 1.165) is 12.1 Å². The molecule has 0 saturated heterocycles. The van der Waals surface area contributed by atoms with Crippen molar-refractivity contribution >= 4 is 33.0 Å². The molecule has 0 radical (unpaired) electrons. The number of nitrogens with zero attached hydrogens (tertiary/aromatic N) is 1. The molecule has 0 fully saturated rings. The fourth-order valence-corrected chi connectivity index (χ4v) is 3.48. The van der Waals surface area contributed by atoms with E-state index in [2.05, 4.69) is 0 Å². The molecule has 0 spiro atoms. The van der Waals surface area contributed by atoms with Crippen LogP contribution in [0.25, 0.3) is 0 Å². The van der Waals surface area contributed by atoms with Crippen LogP contribution in [0.5, 0.6) is 0 Å². The number of hydrogen-bond acceptors (Lipinski definition) is 3. The van der Waals surface area contributed by atoms with Gasteiger partial charge in [0.1, 0.15) is 5.82 Å². The Kier molecular flexibility index (Phi) is 4.52. The number of halogens is 3. The summed E-state index contributed by atoms with van der Waals surface area (Å²) in [6.07, 6.45) is 0. The molecule has 0 bridgehead atoms. The van der Waals surface area contributed by atoms with Gasteiger partial charge in [-0.05, 0) is 42.0 Å². The van der Waals surface area contributed by atoms with Crippen LogP contribution in [0.2, 0.25) is 10.0 Å². The van der Waals surface area contributed by atoms with Crippen molar-refractivity contribution in [2.45, 2.75) is 10.6 Å². The largest absolute Gasteiger partial charge is 0.223 e. The van der Waals surface area contributed by atoms with Crippen LogP contribution in [0.3, 0.4) is 0 Å². The van der Waals surface area contributed by atoms with Crippen LogP contribution < -0.4 is 0 Å². The van der Waals surface area contributed by atoms with Crippen molar-refractivity contribution in [3.05, 3.63) is 63.4 Å². The summed E-state index contributed by atoms with van der Waals surface area (Å²) in [5, 5.41) is 9.13. The molecule has 0 aromatic heterocycles. The summed E-state index contributed by atoms with van der Waals surface area (Å²) in [5.41, 5.74) is 0.256. The van der Waals surface area contributed by atoms with Crippen molar-refractivity contribution in [2.24, 2.45) is 0 Å². The molecule has 0 N–H and O–H groups in total. The van der Waals surface area contributed by atoms with Crippen LogP contribution >= 0.6 is 23.2 Å². The summed E-state index contributed by atoms with van der Waals surface area (Å²) < 4.78 is 37.9. The molecule has 2 aromatic carbocycles. The molecular formula is C14H8Cl2FNO2S. The van der Waals surface area contributed by atoms with E-state index in [9.17, 15) is 12.8 Å². The van der Waals surface area contributed by atoms with Gasteiger partial charge in [0, 0.05) is 0 Å². The van der Waals surface area contributed by atoms with Gasteiger partial charge >= 0.3 is 0 Å². The number of nitriles is 1. The highest BCUT2D eigenvalue weighted by atomic mass is 35.5. The molecule has 0 aliphatic heterocycles. The lowest BCUT2D eigenvalue weighted by atomic mass is 10.1. The molecule has 2 rings (SSSR count). The highest BCUT2D eigenvalue weighted by molar-refractivity contribution is 7.90. The van der Waals surface area contributed by atoms with Crippen molar-refractivity contribution in [3.8, 4) is 6.07 Å². The Labute approximate surface area is 131 Å². The number of benzene rings is 2. The van der Waals surface area contributed by atoms with E-state index in [1.54, 1.807) is 6.07 Å². The fourth-order valence-electron chi connectivity index (χ4n) is 1.77. The maximum Gasteiger partial charge on any atom is 0.182 e. The van der Waals surface area contributed by atoms with Crippen molar-refractivity contribution in [1.29, 1.82) is 5.26 Å². The summed E-state index contributed by atoms with van der Waals surface area (Å²) >= 11 is 11.5. The van der Waals surface area contributed by atoms with Crippen molar-refractivity contribution in [3.63, 3.8) is 0 Å². The topological polar surface area (TPSA) is 57.9 Å². The van der Waals surface area contributed by atoms with Gasteiger partial charge in [-0.15, -0.1) is 0 Å². The fraction of sp³-hybridized carbons (Fsp3) is 0.0714. The van der Waals surface area contributed by atoms with Crippen LogP contribution in [0.1, 0.15) is 11.1 Å². The van der Waals surface area contributed by atoms with Gasteiger partial charge in [0.25, 0.3) is 0 Å². The van der Waals surface area contributed by atoms with Gasteiger partial charge in [-0.3, -0.25) is 0 Å².